The highest BCUT2D eigenvalue weighted by atomic mass is 15.1. The monoisotopic (exact) mass is 390 g/mol. The molecule has 3 heterocycles. The Morgan fingerprint density at radius 2 is 1.40 bits per heavy atom. The molecule has 30 heavy (non-hydrogen) atoms. The average molecular weight is 390 g/mol. The van der Waals surface area contributed by atoms with Gasteiger partial charge in [0.1, 0.15) is 17.2 Å². The van der Waals surface area contributed by atoms with E-state index in [1.165, 1.54) is 0 Å². The molecule has 6 aromatic rings. The van der Waals surface area contributed by atoms with Gasteiger partial charge in [-0.15, -0.1) is 0 Å². The van der Waals surface area contributed by atoms with Crippen LogP contribution in [0.15, 0.2) is 78.9 Å². The van der Waals surface area contributed by atoms with Gasteiger partial charge in [-0.25, -0.2) is 15.0 Å². The first kappa shape index (κ1) is 16.7. The van der Waals surface area contributed by atoms with Crippen molar-refractivity contribution in [1.29, 1.82) is 0 Å². The maximum absolute atomic E-state index is 6.70. The Balaban J connectivity index is 1.66. The summed E-state index contributed by atoms with van der Waals surface area (Å²) >= 11 is 0. The number of para-hydroxylation sites is 4. The molecule has 6 heteroatoms. The third-order valence-corrected chi connectivity index (χ3v) is 5.40. The number of nitrogen functional groups attached to an aromatic ring is 1. The Morgan fingerprint density at radius 3 is 2.17 bits per heavy atom. The fourth-order valence-corrected chi connectivity index (χ4v) is 3.95. The van der Waals surface area contributed by atoms with Crippen molar-refractivity contribution in [2.45, 2.75) is 6.54 Å². The van der Waals surface area contributed by atoms with Crippen molar-refractivity contribution < 1.29 is 0 Å². The Bertz CT molecular complexity index is 1490. The van der Waals surface area contributed by atoms with Crippen molar-refractivity contribution >= 4 is 39.0 Å². The molecular formula is C24H18N6. The SMILES string of the molecule is Nc1c(-c2nc3ccccc3[nH]2)c2nc3ccccc3nc2n1Cc1ccccc1. The van der Waals surface area contributed by atoms with E-state index in [1.54, 1.807) is 0 Å². The van der Waals surface area contributed by atoms with Crippen LogP contribution in [0.25, 0.3) is 44.6 Å². The highest BCUT2D eigenvalue weighted by molar-refractivity contribution is 6.01. The molecule has 144 valence electrons. The smallest absolute Gasteiger partial charge is 0.162 e. The summed E-state index contributed by atoms with van der Waals surface area (Å²) in [5.74, 6) is 1.30. The van der Waals surface area contributed by atoms with Gasteiger partial charge in [0.25, 0.3) is 0 Å². The van der Waals surface area contributed by atoms with Crippen LogP contribution < -0.4 is 5.73 Å². The number of aromatic amines is 1. The Hall–Kier alpha value is -4.19. The molecule has 6 rings (SSSR count). The van der Waals surface area contributed by atoms with E-state index in [0.29, 0.717) is 18.2 Å². The maximum Gasteiger partial charge on any atom is 0.162 e. The van der Waals surface area contributed by atoms with Gasteiger partial charge in [0.15, 0.2) is 5.65 Å². The second-order valence-corrected chi connectivity index (χ2v) is 7.32. The van der Waals surface area contributed by atoms with Gasteiger partial charge in [-0.2, -0.15) is 0 Å². The van der Waals surface area contributed by atoms with Gasteiger partial charge in [-0.1, -0.05) is 54.6 Å². The van der Waals surface area contributed by atoms with E-state index in [2.05, 4.69) is 17.1 Å². The van der Waals surface area contributed by atoms with Crippen LogP contribution in [0.5, 0.6) is 0 Å². The minimum absolute atomic E-state index is 0.600. The lowest BCUT2D eigenvalue weighted by Crippen LogP contribution is -2.05. The fraction of sp³-hybridized carbons (Fsp3) is 0.0417. The highest BCUT2D eigenvalue weighted by Gasteiger charge is 2.22. The Kier molecular flexibility index (Phi) is 3.58. The summed E-state index contributed by atoms with van der Waals surface area (Å²) in [7, 11) is 0. The number of fused-ring (bicyclic) bond motifs is 3. The van der Waals surface area contributed by atoms with Crippen molar-refractivity contribution in [1.82, 2.24) is 24.5 Å². The molecule has 0 saturated heterocycles. The lowest BCUT2D eigenvalue weighted by atomic mass is 10.2. The van der Waals surface area contributed by atoms with Gasteiger partial charge in [-0.3, -0.25) is 0 Å². The van der Waals surface area contributed by atoms with Crippen molar-refractivity contribution in [2.75, 3.05) is 5.73 Å². The first-order valence-corrected chi connectivity index (χ1v) is 9.81. The van der Waals surface area contributed by atoms with Gasteiger partial charge in [0.2, 0.25) is 0 Å². The molecule has 0 aliphatic rings. The number of hydrogen-bond acceptors (Lipinski definition) is 4. The Labute approximate surface area is 172 Å². The molecule has 0 amide bonds. The minimum atomic E-state index is 0.600. The van der Waals surface area contributed by atoms with E-state index in [-0.39, 0.29) is 0 Å². The lowest BCUT2D eigenvalue weighted by molar-refractivity contribution is 0.838. The zero-order valence-electron chi connectivity index (χ0n) is 16.1. The van der Waals surface area contributed by atoms with E-state index < -0.39 is 0 Å². The fourth-order valence-electron chi connectivity index (χ4n) is 3.95. The van der Waals surface area contributed by atoms with Crippen LogP contribution in [-0.4, -0.2) is 24.5 Å². The predicted octanol–water partition coefficient (Wildman–Crippen LogP) is 4.76. The quantitative estimate of drug-likeness (QED) is 0.456. The zero-order valence-corrected chi connectivity index (χ0v) is 16.1. The number of rotatable bonds is 3. The summed E-state index contributed by atoms with van der Waals surface area (Å²) in [6, 6.07) is 26.0. The maximum atomic E-state index is 6.70. The first-order valence-electron chi connectivity index (χ1n) is 9.81. The third-order valence-electron chi connectivity index (χ3n) is 5.40. The van der Waals surface area contributed by atoms with E-state index in [9.17, 15) is 0 Å². The topological polar surface area (TPSA) is 85.4 Å². The average Bonchev–Trinajstić information content (AvgIpc) is 3.31. The van der Waals surface area contributed by atoms with Gasteiger partial charge in [0, 0.05) is 0 Å². The standard InChI is InChI=1S/C24H18N6/c25-22-20(23-27-17-11-5-6-12-18(17)28-23)21-24(29-19-13-7-4-10-16(19)26-21)30(22)14-15-8-2-1-3-9-15/h1-13H,14,25H2,(H,27,28). The van der Waals surface area contributed by atoms with Gasteiger partial charge in [-0.05, 0) is 29.8 Å². The van der Waals surface area contributed by atoms with Crippen LogP contribution in [-0.2, 0) is 6.54 Å². The Morgan fingerprint density at radius 1 is 0.733 bits per heavy atom. The second kappa shape index (κ2) is 6.42. The summed E-state index contributed by atoms with van der Waals surface area (Å²) in [5.41, 5.74) is 13.7. The number of H-pyrrole nitrogens is 1. The summed E-state index contributed by atoms with van der Waals surface area (Å²) in [6.45, 7) is 0.608. The van der Waals surface area contributed by atoms with Crippen molar-refractivity contribution in [3.05, 3.63) is 84.4 Å². The number of nitrogens with one attached hydrogen (secondary N) is 1. The molecule has 0 unspecified atom stereocenters. The van der Waals surface area contributed by atoms with Crippen LogP contribution >= 0.6 is 0 Å². The third kappa shape index (κ3) is 2.54. The number of imidazole rings is 1. The van der Waals surface area contributed by atoms with E-state index in [0.717, 1.165) is 44.4 Å². The van der Waals surface area contributed by atoms with Crippen LogP contribution in [0.3, 0.4) is 0 Å². The molecule has 0 spiro atoms. The van der Waals surface area contributed by atoms with Gasteiger partial charge < -0.3 is 15.3 Å². The van der Waals surface area contributed by atoms with Crippen molar-refractivity contribution in [3.8, 4) is 11.4 Å². The molecule has 0 bridgehead atoms. The predicted molar refractivity (Wildman–Crippen MR) is 120 cm³/mol. The van der Waals surface area contributed by atoms with Gasteiger partial charge >= 0.3 is 0 Å². The number of nitrogens with zero attached hydrogens (tertiary/aromatic N) is 4. The molecule has 3 N–H and O–H groups in total. The molecule has 3 aromatic heterocycles. The van der Waals surface area contributed by atoms with Crippen LogP contribution in [0.4, 0.5) is 5.82 Å². The van der Waals surface area contributed by atoms with E-state index in [4.69, 9.17) is 20.7 Å². The second-order valence-electron chi connectivity index (χ2n) is 7.32. The summed E-state index contributed by atoms with van der Waals surface area (Å²) in [4.78, 5) is 18.0. The highest BCUT2D eigenvalue weighted by Crippen LogP contribution is 2.36. The number of anilines is 1. The zero-order chi connectivity index (χ0) is 20.1. The molecule has 0 atom stereocenters. The van der Waals surface area contributed by atoms with E-state index >= 15 is 0 Å². The molecule has 0 aliphatic carbocycles. The van der Waals surface area contributed by atoms with Crippen LogP contribution in [0, 0.1) is 0 Å². The van der Waals surface area contributed by atoms with E-state index in [1.807, 2.05) is 71.3 Å². The van der Waals surface area contributed by atoms with Crippen LogP contribution in [0.2, 0.25) is 0 Å². The summed E-state index contributed by atoms with van der Waals surface area (Å²) in [5, 5.41) is 0. The lowest BCUT2D eigenvalue weighted by Gasteiger charge is -2.08. The molecule has 0 fully saturated rings. The molecule has 3 aromatic carbocycles. The summed E-state index contributed by atoms with van der Waals surface area (Å²) < 4.78 is 2.02. The minimum Gasteiger partial charge on any atom is -0.384 e. The normalized spacial score (nSPS) is 11.6. The van der Waals surface area contributed by atoms with Crippen LogP contribution in [0.1, 0.15) is 5.56 Å². The molecule has 0 radical (unpaired) electrons. The molecule has 6 nitrogen and oxygen atoms in total. The number of aromatic nitrogens is 5. The number of benzene rings is 3. The first-order chi connectivity index (χ1) is 14.8. The molecule has 0 aliphatic heterocycles. The van der Waals surface area contributed by atoms with Crippen molar-refractivity contribution in [2.24, 2.45) is 0 Å². The largest absolute Gasteiger partial charge is 0.384 e. The number of hydrogen-bond donors (Lipinski definition) is 2. The number of nitrogens with two attached hydrogens (primary N) is 1. The molecule has 0 saturated carbocycles. The van der Waals surface area contributed by atoms with Crippen molar-refractivity contribution in [3.63, 3.8) is 0 Å². The summed E-state index contributed by atoms with van der Waals surface area (Å²) in [6.07, 6.45) is 0. The van der Waals surface area contributed by atoms with Gasteiger partial charge in [0.05, 0.1) is 34.2 Å². The molecular weight excluding hydrogens is 372 g/mol.